The van der Waals surface area contributed by atoms with Crippen LogP contribution in [-0.2, 0) is 0 Å². The number of rotatable bonds is 5. The van der Waals surface area contributed by atoms with Gasteiger partial charge in [-0.1, -0.05) is 48.3 Å². The summed E-state index contributed by atoms with van der Waals surface area (Å²) in [5, 5.41) is 0.762. The average molecular weight is 319 g/mol. The summed E-state index contributed by atoms with van der Waals surface area (Å²) in [6.45, 7) is 6.74. The van der Waals surface area contributed by atoms with Crippen LogP contribution < -0.4 is 5.73 Å². The molecule has 0 fully saturated rings. The van der Waals surface area contributed by atoms with Gasteiger partial charge in [0.15, 0.2) is 0 Å². The zero-order valence-corrected chi connectivity index (χ0v) is 13.1. The predicted molar refractivity (Wildman–Crippen MR) is 79.3 cm³/mol. The summed E-state index contributed by atoms with van der Waals surface area (Å²) >= 11 is 9.64. The Bertz CT molecular complexity index is 365. The number of halogens is 2. The van der Waals surface area contributed by atoms with Gasteiger partial charge in [-0.2, -0.15) is 0 Å². The standard InChI is InChI=1S/C14H21BrClN/c1-9(2)6-10(3)7-14(17)12-8-11(15)4-5-13(12)16/h4-5,8-10,14H,6-7,17H2,1-3H3. The zero-order chi connectivity index (χ0) is 13.0. The molecule has 0 aliphatic carbocycles. The Morgan fingerprint density at radius 3 is 2.47 bits per heavy atom. The molecule has 17 heavy (non-hydrogen) atoms. The van der Waals surface area contributed by atoms with Crippen LogP contribution in [0.3, 0.4) is 0 Å². The van der Waals surface area contributed by atoms with Crippen LogP contribution in [0.5, 0.6) is 0 Å². The van der Waals surface area contributed by atoms with E-state index in [1.807, 2.05) is 18.2 Å². The predicted octanol–water partition coefficient (Wildman–Crippen LogP) is 5.17. The molecule has 96 valence electrons. The average Bonchev–Trinajstić information content (AvgIpc) is 2.20. The fourth-order valence-electron chi connectivity index (χ4n) is 2.26. The molecule has 3 heteroatoms. The van der Waals surface area contributed by atoms with E-state index >= 15 is 0 Å². The first-order valence-corrected chi connectivity index (χ1v) is 7.27. The van der Waals surface area contributed by atoms with E-state index in [1.54, 1.807) is 0 Å². The quantitative estimate of drug-likeness (QED) is 0.796. The van der Waals surface area contributed by atoms with E-state index in [2.05, 4.69) is 36.7 Å². The van der Waals surface area contributed by atoms with Crippen LogP contribution in [0.1, 0.15) is 45.2 Å². The van der Waals surface area contributed by atoms with Gasteiger partial charge < -0.3 is 5.73 Å². The fourth-order valence-corrected chi connectivity index (χ4v) is 2.90. The van der Waals surface area contributed by atoms with Gasteiger partial charge in [-0.25, -0.2) is 0 Å². The maximum atomic E-state index is 6.24. The molecule has 2 N–H and O–H groups in total. The van der Waals surface area contributed by atoms with Crippen molar-refractivity contribution in [2.75, 3.05) is 0 Å². The second kappa shape index (κ2) is 6.77. The zero-order valence-electron chi connectivity index (χ0n) is 10.7. The summed E-state index contributed by atoms with van der Waals surface area (Å²) in [5.41, 5.74) is 7.27. The van der Waals surface area contributed by atoms with Crippen LogP contribution >= 0.6 is 27.5 Å². The van der Waals surface area contributed by atoms with Crippen molar-refractivity contribution in [2.45, 2.75) is 39.7 Å². The monoisotopic (exact) mass is 317 g/mol. The molecule has 0 heterocycles. The number of hydrogen-bond donors (Lipinski definition) is 1. The van der Waals surface area contributed by atoms with Crippen molar-refractivity contribution < 1.29 is 0 Å². The summed E-state index contributed by atoms with van der Waals surface area (Å²) < 4.78 is 1.03. The van der Waals surface area contributed by atoms with E-state index in [1.165, 1.54) is 6.42 Å². The Morgan fingerprint density at radius 2 is 1.88 bits per heavy atom. The molecule has 1 aromatic rings. The maximum Gasteiger partial charge on any atom is 0.0454 e. The smallest absolute Gasteiger partial charge is 0.0454 e. The van der Waals surface area contributed by atoms with Crippen molar-refractivity contribution in [2.24, 2.45) is 17.6 Å². The van der Waals surface area contributed by atoms with Gasteiger partial charge in [-0.3, -0.25) is 0 Å². The molecule has 0 amide bonds. The van der Waals surface area contributed by atoms with Crippen molar-refractivity contribution in [1.82, 2.24) is 0 Å². The molecular weight excluding hydrogens is 298 g/mol. The van der Waals surface area contributed by atoms with E-state index in [-0.39, 0.29) is 6.04 Å². The Labute approximate surface area is 118 Å². The van der Waals surface area contributed by atoms with E-state index < -0.39 is 0 Å². The summed E-state index contributed by atoms with van der Waals surface area (Å²) in [4.78, 5) is 0. The van der Waals surface area contributed by atoms with E-state index in [4.69, 9.17) is 17.3 Å². The molecule has 0 spiro atoms. The Morgan fingerprint density at radius 1 is 1.24 bits per heavy atom. The Hall–Kier alpha value is -0.0500. The highest BCUT2D eigenvalue weighted by atomic mass is 79.9. The largest absolute Gasteiger partial charge is 0.324 e. The lowest BCUT2D eigenvalue weighted by molar-refractivity contribution is 0.387. The third-order valence-corrected chi connectivity index (χ3v) is 3.73. The fraction of sp³-hybridized carbons (Fsp3) is 0.571. The Balaban J connectivity index is 2.69. The first kappa shape index (κ1) is 15.0. The van der Waals surface area contributed by atoms with Gasteiger partial charge in [0.2, 0.25) is 0 Å². The van der Waals surface area contributed by atoms with Crippen molar-refractivity contribution in [3.8, 4) is 0 Å². The Kier molecular flexibility index (Phi) is 5.98. The van der Waals surface area contributed by atoms with E-state index in [9.17, 15) is 0 Å². The first-order chi connectivity index (χ1) is 7.90. The van der Waals surface area contributed by atoms with Gasteiger partial charge in [-0.15, -0.1) is 0 Å². The van der Waals surface area contributed by atoms with Gasteiger partial charge in [-0.05, 0) is 48.4 Å². The molecule has 0 bridgehead atoms. The second-order valence-corrected chi connectivity index (χ2v) is 6.57. The molecule has 0 saturated carbocycles. The minimum absolute atomic E-state index is 0.0220. The summed E-state index contributed by atoms with van der Waals surface area (Å²) in [6, 6.07) is 5.88. The topological polar surface area (TPSA) is 26.0 Å². The minimum Gasteiger partial charge on any atom is -0.324 e. The van der Waals surface area contributed by atoms with Gasteiger partial charge in [0.05, 0.1) is 0 Å². The SMILES string of the molecule is CC(C)CC(C)CC(N)c1cc(Br)ccc1Cl. The molecule has 0 aromatic heterocycles. The highest BCUT2D eigenvalue weighted by Crippen LogP contribution is 2.30. The lowest BCUT2D eigenvalue weighted by Crippen LogP contribution is -2.15. The molecule has 0 saturated heterocycles. The van der Waals surface area contributed by atoms with E-state index in [0.717, 1.165) is 27.4 Å². The van der Waals surface area contributed by atoms with Crippen LogP contribution in [0.25, 0.3) is 0 Å². The molecular formula is C14H21BrClN. The van der Waals surface area contributed by atoms with Crippen LogP contribution in [0, 0.1) is 11.8 Å². The molecule has 1 rings (SSSR count). The molecule has 1 aromatic carbocycles. The van der Waals surface area contributed by atoms with E-state index in [0.29, 0.717) is 5.92 Å². The lowest BCUT2D eigenvalue weighted by Gasteiger charge is -2.20. The lowest BCUT2D eigenvalue weighted by atomic mass is 9.90. The maximum absolute atomic E-state index is 6.24. The van der Waals surface area contributed by atoms with Crippen molar-refractivity contribution in [1.29, 1.82) is 0 Å². The molecule has 1 nitrogen and oxygen atoms in total. The van der Waals surface area contributed by atoms with Crippen LogP contribution in [0.15, 0.2) is 22.7 Å². The van der Waals surface area contributed by atoms with Crippen molar-refractivity contribution >= 4 is 27.5 Å². The molecule has 2 atom stereocenters. The minimum atomic E-state index is 0.0220. The third-order valence-electron chi connectivity index (χ3n) is 2.89. The van der Waals surface area contributed by atoms with Crippen LogP contribution in [0.4, 0.5) is 0 Å². The number of hydrogen-bond acceptors (Lipinski definition) is 1. The van der Waals surface area contributed by atoms with Crippen molar-refractivity contribution in [3.63, 3.8) is 0 Å². The highest BCUT2D eigenvalue weighted by Gasteiger charge is 2.15. The highest BCUT2D eigenvalue weighted by molar-refractivity contribution is 9.10. The second-order valence-electron chi connectivity index (χ2n) is 5.24. The summed E-state index contributed by atoms with van der Waals surface area (Å²) in [7, 11) is 0. The normalized spacial score (nSPS) is 15.0. The molecule has 0 aliphatic rings. The van der Waals surface area contributed by atoms with Gasteiger partial charge >= 0.3 is 0 Å². The first-order valence-electron chi connectivity index (χ1n) is 6.10. The van der Waals surface area contributed by atoms with Crippen LogP contribution in [0.2, 0.25) is 5.02 Å². The third kappa shape index (κ3) is 4.99. The van der Waals surface area contributed by atoms with Crippen molar-refractivity contribution in [3.05, 3.63) is 33.3 Å². The number of benzene rings is 1. The van der Waals surface area contributed by atoms with Gasteiger partial charge in [0.25, 0.3) is 0 Å². The van der Waals surface area contributed by atoms with Crippen LogP contribution in [-0.4, -0.2) is 0 Å². The number of nitrogens with two attached hydrogens (primary N) is 1. The summed E-state index contributed by atoms with van der Waals surface area (Å²) in [5.74, 6) is 1.34. The van der Waals surface area contributed by atoms with Gasteiger partial charge in [0, 0.05) is 15.5 Å². The van der Waals surface area contributed by atoms with Gasteiger partial charge in [0.1, 0.15) is 0 Å². The summed E-state index contributed by atoms with van der Waals surface area (Å²) in [6.07, 6.45) is 2.19. The molecule has 0 radical (unpaired) electrons. The molecule has 2 unspecified atom stereocenters. The molecule has 0 aliphatic heterocycles.